The molecular formula is C13H15O6P. The first kappa shape index (κ1) is 14.8. The quantitative estimate of drug-likeness (QED) is 0.761. The summed E-state index contributed by atoms with van der Waals surface area (Å²) in [6.45, 7) is 3.77. The van der Waals surface area contributed by atoms with Gasteiger partial charge in [-0.1, -0.05) is 0 Å². The van der Waals surface area contributed by atoms with E-state index in [-0.39, 0.29) is 24.4 Å². The molecule has 108 valence electrons. The highest BCUT2D eigenvalue weighted by atomic mass is 31.2. The summed E-state index contributed by atoms with van der Waals surface area (Å²) in [6.07, 6.45) is 1.29. The summed E-state index contributed by atoms with van der Waals surface area (Å²) < 4.78 is 32.8. The van der Waals surface area contributed by atoms with Gasteiger partial charge < -0.3 is 8.94 Å². The Kier molecular flexibility index (Phi) is 4.60. The van der Waals surface area contributed by atoms with Crippen LogP contribution in [0.2, 0.25) is 0 Å². The van der Waals surface area contributed by atoms with Crippen LogP contribution in [0, 0.1) is 0 Å². The lowest BCUT2D eigenvalue weighted by Gasteiger charge is -2.16. The molecule has 0 saturated carbocycles. The molecule has 0 fully saturated rings. The van der Waals surface area contributed by atoms with E-state index in [0.717, 1.165) is 0 Å². The Bertz CT molecular complexity index is 683. The van der Waals surface area contributed by atoms with Gasteiger partial charge in [-0.15, -0.1) is 0 Å². The maximum absolute atomic E-state index is 12.2. The van der Waals surface area contributed by atoms with Gasteiger partial charge in [0.25, 0.3) is 0 Å². The average Bonchev–Trinajstić information content (AvgIpc) is 2.39. The topological polar surface area (TPSA) is 75.0 Å². The zero-order chi connectivity index (χ0) is 14.6. The van der Waals surface area contributed by atoms with Crippen molar-refractivity contribution in [1.29, 1.82) is 0 Å². The molecule has 0 atom stereocenters. The number of hydrogen-bond donors (Lipinski definition) is 0. The van der Waals surface area contributed by atoms with Crippen molar-refractivity contribution in [1.82, 2.24) is 0 Å². The molecule has 0 aliphatic carbocycles. The third kappa shape index (κ3) is 3.28. The fourth-order valence-electron chi connectivity index (χ4n) is 1.65. The van der Waals surface area contributed by atoms with Crippen LogP contribution in [-0.4, -0.2) is 13.2 Å². The van der Waals surface area contributed by atoms with Crippen LogP contribution >= 0.6 is 7.82 Å². The fraction of sp³-hybridized carbons (Fsp3) is 0.308. The van der Waals surface area contributed by atoms with E-state index in [1.54, 1.807) is 19.9 Å². The number of phosphoric acid groups is 1. The SMILES string of the molecule is CCOP(=O)(OCC)Oc1ccc2c(=O)ccoc2c1. The molecule has 0 aliphatic heterocycles. The van der Waals surface area contributed by atoms with Crippen LogP contribution in [0.5, 0.6) is 5.75 Å². The molecule has 1 heterocycles. The van der Waals surface area contributed by atoms with Crippen molar-refractivity contribution in [3.8, 4) is 5.75 Å². The Hall–Kier alpha value is -1.62. The lowest BCUT2D eigenvalue weighted by molar-refractivity contribution is 0.167. The van der Waals surface area contributed by atoms with Crippen LogP contribution in [0.3, 0.4) is 0 Å². The molecule has 0 bridgehead atoms. The zero-order valence-electron chi connectivity index (χ0n) is 11.2. The summed E-state index contributed by atoms with van der Waals surface area (Å²) in [4.78, 5) is 11.6. The van der Waals surface area contributed by atoms with Crippen molar-refractivity contribution in [3.63, 3.8) is 0 Å². The summed E-state index contributed by atoms with van der Waals surface area (Å²) in [5.74, 6) is 0.247. The van der Waals surface area contributed by atoms with Gasteiger partial charge in [0.05, 0.1) is 24.9 Å². The second kappa shape index (κ2) is 6.22. The number of phosphoric ester groups is 1. The Morgan fingerprint density at radius 2 is 1.85 bits per heavy atom. The molecule has 7 heteroatoms. The van der Waals surface area contributed by atoms with E-state index < -0.39 is 7.82 Å². The molecule has 0 radical (unpaired) electrons. The second-order valence-corrected chi connectivity index (χ2v) is 5.41. The normalized spacial score (nSPS) is 11.7. The highest BCUT2D eigenvalue weighted by Gasteiger charge is 2.27. The summed E-state index contributed by atoms with van der Waals surface area (Å²) in [5.41, 5.74) is 0.185. The number of rotatable bonds is 6. The molecule has 2 aromatic rings. The minimum Gasteiger partial charge on any atom is -0.464 e. The van der Waals surface area contributed by atoms with Crippen LogP contribution in [0.15, 0.2) is 39.7 Å². The lowest BCUT2D eigenvalue weighted by Crippen LogP contribution is -2.03. The monoisotopic (exact) mass is 298 g/mol. The van der Waals surface area contributed by atoms with Crippen LogP contribution in [0.25, 0.3) is 11.0 Å². The van der Waals surface area contributed by atoms with Crippen molar-refractivity contribution in [2.45, 2.75) is 13.8 Å². The first-order chi connectivity index (χ1) is 9.58. The zero-order valence-corrected chi connectivity index (χ0v) is 12.1. The molecule has 0 spiro atoms. The van der Waals surface area contributed by atoms with Gasteiger partial charge in [0.15, 0.2) is 5.43 Å². The lowest BCUT2D eigenvalue weighted by atomic mass is 10.2. The van der Waals surface area contributed by atoms with Crippen LogP contribution in [-0.2, 0) is 13.6 Å². The first-order valence-electron chi connectivity index (χ1n) is 6.18. The van der Waals surface area contributed by atoms with E-state index in [2.05, 4.69) is 0 Å². The molecule has 20 heavy (non-hydrogen) atoms. The molecular weight excluding hydrogens is 283 g/mol. The van der Waals surface area contributed by atoms with E-state index >= 15 is 0 Å². The van der Waals surface area contributed by atoms with Gasteiger partial charge >= 0.3 is 7.82 Å². The van der Waals surface area contributed by atoms with Crippen molar-refractivity contribution in [2.75, 3.05) is 13.2 Å². The third-order valence-corrected chi connectivity index (χ3v) is 4.01. The van der Waals surface area contributed by atoms with Crippen molar-refractivity contribution in [3.05, 3.63) is 40.8 Å². The van der Waals surface area contributed by atoms with Gasteiger partial charge in [-0.25, -0.2) is 4.57 Å². The van der Waals surface area contributed by atoms with Crippen molar-refractivity contribution >= 4 is 18.8 Å². The van der Waals surface area contributed by atoms with Gasteiger partial charge in [-0.05, 0) is 26.0 Å². The first-order valence-corrected chi connectivity index (χ1v) is 7.64. The van der Waals surface area contributed by atoms with Crippen LogP contribution in [0.1, 0.15) is 13.8 Å². The molecule has 0 N–H and O–H groups in total. The number of benzene rings is 1. The van der Waals surface area contributed by atoms with Gasteiger partial charge in [0, 0.05) is 12.1 Å². The van der Waals surface area contributed by atoms with E-state index in [9.17, 15) is 9.36 Å². The van der Waals surface area contributed by atoms with E-state index in [0.29, 0.717) is 11.0 Å². The minimum absolute atomic E-state index is 0.157. The Morgan fingerprint density at radius 3 is 2.50 bits per heavy atom. The van der Waals surface area contributed by atoms with Gasteiger partial charge in [0.2, 0.25) is 0 Å². The molecule has 0 unspecified atom stereocenters. The van der Waals surface area contributed by atoms with Crippen LogP contribution < -0.4 is 9.95 Å². The summed E-state index contributed by atoms with van der Waals surface area (Å²) >= 11 is 0. The minimum atomic E-state index is -3.65. The summed E-state index contributed by atoms with van der Waals surface area (Å²) in [5, 5.41) is 0.419. The highest BCUT2D eigenvalue weighted by molar-refractivity contribution is 7.48. The fourth-order valence-corrected chi connectivity index (χ4v) is 2.84. The highest BCUT2D eigenvalue weighted by Crippen LogP contribution is 2.49. The third-order valence-electron chi connectivity index (χ3n) is 2.42. The standard InChI is InChI=1S/C13H15O6P/c1-3-17-20(15,18-4-2)19-10-5-6-11-12(14)7-8-16-13(11)9-10/h5-9H,3-4H2,1-2H3. The predicted molar refractivity (Wildman–Crippen MR) is 74.0 cm³/mol. The van der Waals surface area contributed by atoms with E-state index in [4.69, 9.17) is 18.0 Å². The maximum Gasteiger partial charge on any atom is 0.530 e. The number of hydrogen-bond acceptors (Lipinski definition) is 6. The predicted octanol–water partition coefficient (Wildman–Crippen LogP) is 3.35. The largest absolute Gasteiger partial charge is 0.530 e. The average molecular weight is 298 g/mol. The van der Waals surface area contributed by atoms with Crippen molar-refractivity contribution < 1.29 is 22.6 Å². The summed E-state index contributed by atoms with van der Waals surface area (Å²) in [6, 6.07) is 5.86. The maximum atomic E-state index is 12.2. The Morgan fingerprint density at radius 1 is 1.15 bits per heavy atom. The molecule has 2 rings (SSSR count). The molecule has 1 aromatic heterocycles. The number of fused-ring (bicyclic) bond motifs is 1. The summed E-state index contributed by atoms with van der Waals surface area (Å²) in [7, 11) is -3.65. The molecule has 0 saturated heterocycles. The molecule has 1 aromatic carbocycles. The van der Waals surface area contributed by atoms with Crippen molar-refractivity contribution in [2.24, 2.45) is 0 Å². The molecule has 6 nitrogen and oxygen atoms in total. The smallest absolute Gasteiger partial charge is 0.464 e. The molecule has 0 amide bonds. The molecule has 0 aliphatic rings. The van der Waals surface area contributed by atoms with E-state index in [1.165, 1.54) is 24.5 Å². The van der Waals surface area contributed by atoms with Crippen LogP contribution in [0.4, 0.5) is 0 Å². The Balaban J connectivity index is 2.33. The second-order valence-electron chi connectivity index (χ2n) is 3.82. The van der Waals surface area contributed by atoms with E-state index in [1.807, 2.05) is 0 Å². The Labute approximate surface area is 115 Å². The van der Waals surface area contributed by atoms with Gasteiger partial charge in [-0.2, -0.15) is 0 Å². The van der Waals surface area contributed by atoms with Gasteiger partial charge in [-0.3, -0.25) is 13.8 Å². The van der Waals surface area contributed by atoms with Gasteiger partial charge in [0.1, 0.15) is 11.3 Å².